The Morgan fingerprint density at radius 1 is 1.20 bits per heavy atom. The van der Waals surface area contributed by atoms with Crippen LogP contribution in [0.3, 0.4) is 0 Å². The molecular formula is C12H9BrF3N3S. The van der Waals surface area contributed by atoms with Crippen molar-refractivity contribution in [3.8, 4) is 0 Å². The number of nitrogens with one attached hydrogen (secondary N) is 1. The van der Waals surface area contributed by atoms with Gasteiger partial charge in [0.1, 0.15) is 5.03 Å². The van der Waals surface area contributed by atoms with Crippen LogP contribution in [0.4, 0.5) is 24.5 Å². The predicted molar refractivity (Wildman–Crippen MR) is 76.7 cm³/mol. The van der Waals surface area contributed by atoms with Crippen molar-refractivity contribution in [3.63, 3.8) is 0 Å². The maximum Gasteiger partial charge on any atom is 0.418 e. The Balaban J connectivity index is 2.32. The van der Waals surface area contributed by atoms with E-state index in [1.54, 1.807) is 12.1 Å². The Kier molecular flexibility index (Phi) is 4.56. The zero-order chi connectivity index (χ0) is 14.8. The molecule has 0 spiro atoms. The molecule has 106 valence electrons. The van der Waals surface area contributed by atoms with Crippen molar-refractivity contribution in [2.45, 2.75) is 11.2 Å². The van der Waals surface area contributed by atoms with Crippen molar-refractivity contribution in [2.75, 3.05) is 5.32 Å². The Morgan fingerprint density at radius 3 is 2.50 bits per heavy atom. The van der Waals surface area contributed by atoms with Crippen molar-refractivity contribution < 1.29 is 13.2 Å². The Hall–Kier alpha value is -1.25. The van der Waals surface area contributed by atoms with Crippen LogP contribution in [0.5, 0.6) is 0 Å². The van der Waals surface area contributed by atoms with Crippen molar-refractivity contribution in [1.29, 1.82) is 0 Å². The molecule has 0 unspecified atom stereocenters. The van der Waals surface area contributed by atoms with Gasteiger partial charge in [-0.15, -0.1) is 0 Å². The summed E-state index contributed by atoms with van der Waals surface area (Å²) in [6.45, 7) is 0. The highest BCUT2D eigenvalue weighted by molar-refractivity contribution is 9.10. The molecule has 8 heteroatoms. The predicted octanol–water partition coefficient (Wildman–Crippen LogP) is 4.57. The summed E-state index contributed by atoms with van der Waals surface area (Å²) in [4.78, 5) is 3.99. The van der Waals surface area contributed by atoms with Gasteiger partial charge in [-0.25, -0.2) is 4.98 Å². The summed E-state index contributed by atoms with van der Waals surface area (Å²) < 4.78 is 39.2. The van der Waals surface area contributed by atoms with Crippen molar-refractivity contribution in [1.82, 2.24) is 4.98 Å². The lowest BCUT2D eigenvalue weighted by Gasteiger charge is -2.15. The second kappa shape index (κ2) is 6.02. The van der Waals surface area contributed by atoms with Crippen LogP contribution in [0, 0.1) is 0 Å². The summed E-state index contributed by atoms with van der Waals surface area (Å²) in [5.74, 6) is 0. The fourth-order valence-electron chi connectivity index (χ4n) is 1.54. The zero-order valence-corrected chi connectivity index (χ0v) is 12.3. The minimum atomic E-state index is -4.44. The summed E-state index contributed by atoms with van der Waals surface area (Å²) in [6, 6.07) is 7.16. The van der Waals surface area contributed by atoms with Crippen LogP contribution < -0.4 is 10.5 Å². The van der Waals surface area contributed by atoms with Gasteiger partial charge in [0, 0.05) is 4.47 Å². The molecule has 0 fully saturated rings. The van der Waals surface area contributed by atoms with E-state index in [1.165, 1.54) is 18.3 Å². The van der Waals surface area contributed by atoms with Crippen LogP contribution >= 0.6 is 27.9 Å². The molecule has 20 heavy (non-hydrogen) atoms. The van der Waals surface area contributed by atoms with Gasteiger partial charge in [0.25, 0.3) is 0 Å². The van der Waals surface area contributed by atoms with Gasteiger partial charge in [0.15, 0.2) is 0 Å². The number of hydrogen-bond donors (Lipinski definition) is 2. The molecule has 1 aromatic heterocycles. The van der Waals surface area contributed by atoms with Gasteiger partial charge in [-0.3, -0.25) is 5.14 Å². The van der Waals surface area contributed by atoms with Crippen LogP contribution in [0.25, 0.3) is 0 Å². The van der Waals surface area contributed by atoms with E-state index in [9.17, 15) is 13.2 Å². The molecule has 0 saturated carbocycles. The van der Waals surface area contributed by atoms with E-state index in [0.717, 1.165) is 18.0 Å². The highest BCUT2D eigenvalue weighted by atomic mass is 79.9. The molecule has 2 aromatic rings. The first kappa shape index (κ1) is 15.1. The number of nitrogens with two attached hydrogens (primary N) is 1. The van der Waals surface area contributed by atoms with E-state index in [1.807, 2.05) is 0 Å². The lowest BCUT2D eigenvalue weighted by atomic mass is 10.1. The summed E-state index contributed by atoms with van der Waals surface area (Å²) in [7, 11) is 0. The van der Waals surface area contributed by atoms with Gasteiger partial charge in [0.2, 0.25) is 0 Å². The standard InChI is InChI=1S/C12H9BrF3N3S/c13-7-1-3-10(9(5-7)12(14,15)16)19-8-2-4-11(20-17)18-6-8/h1-6,19H,17H2. The SMILES string of the molecule is NSc1ccc(Nc2ccc(Br)cc2C(F)(F)F)cn1. The molecule has 0 aliphatic carbocycles. The van der Waals surface area contributed by atoms with Gasteiger partial charge in [0.05, 0.1) is 23.1 Å². The summed E-state index contributed by atoms with van der Waals surface area (Å²) >= 11 is 4.00. The number of hydrogen-bond acceptors (Lipinski definition) is 4. The maximum atomic E-state index is 13.0. The first-order chi connectivity index (χ1) is 9.40. The number of pyridine rings is 1. The largest absolute Gasteiger partial charge is 0.418 e. The van der Waals surface area contributed by atoms with Crippen LogP contribution in [0.2, 0.25) is 0 Å². The molecule has 0 radical (unpaired) electrons. The molecule has 0 amide bonds. The highest BCUT2D eigenvalue weighted by Crippen LogP contribution is 2.37. The van der Waals surface area contributed by atoms with E-state index in [0.29, 0.717) is 15.2 Å². The molecule has 1 aromatic carbocycles. The van der Waals surface area contributed by atoms with E-state index in [2.05, 4.69) is 26.2 Å². The third-order valence-electron chi connectivity index (χ3n) is 2.42. The van der Waals surface area contributed by atoms with Gasteiger partial charge in [-0.05, 0) is 42.3 Å². The molecule has 1 heterocycles. The van der Waals surface area contributed by atoms with Gasteiger partial charge >= 0.3 is 6.18 Å². The van der Waals surface area contributed by atoms with Crippen LogP contribution in [-0.4, -0.2) is 4.98 Å². The van der Waals surface area contributed by atoms with E-state index < -0.39 is 11.7 Å². The molecule has 0 bridgehead atoms. The lowest BCUT2D eigenvalue weighted by molar-refractivity contribution is -0.137. The number of halogens is 4. The fourth-order valence-corrected chi connectivity index (χ4v) is 2.16. The van der Waals surface area contributed by atoms with E-state index in [-0.39, 0.29) is 5.69 Å². The van der Waals surface area contributed by atoms with Crippen molar-refractivity contribution >= 4 is 39.3 Å². The van der Waals surface area contributed by atoms with Gasteiger partial charge < -0.3 is 5.32 Å². The quantitative estimate of drug-likeness (QED) is 0.784. The summed E-state index contributed by atoms with van der Waals surface area (Å²) in [5, 5.41) is 8.62. The average Bonchev–Trinajstić information content (AvgIpc) is 2.40. The number of aromatic nitrogens is 1. The second-order valence-corrected chi connectivity index (χ2v) is 5.39. The fraction of sp³-hybridized carbons (Fsp3) is 0.0833. The lowest BCUT2D eigenvalue weighted by Crippen LogP contribution is -2.09. The number of anilines is 2. The summed E-state index contributed by atoms with van der Waals surface area (Å²) in [5.41, 5.74) is -0.324. The van der Waals surface area contributed by atoms with Crippen LogP contribution in [0.15, 0.2) is 46.0 Å². The normalized spacial score (nSPS) is 11.4. The topological polar surface area (TPSA) is 50.9 Å². The molecule has 0 aliphatic rings. The van der Waals surface area contributed by atoms with E-state index >= 15 is 0 Å². The first-order valence-electron chi connectivity index (χ1n) is 5.36. The maximum absolute atomic E-state index is 13.0. The Labute approximate surface area is 126 Å². The number of rotatable bonds is 3. The van der Waals surface area contributed by atoms with Gasteiger partial charge in [-0.2, -0.15) is 13.2 Å². The molecule has 0 aliphatic heterocycles. The number of nitrogens with zero attached hydrogens (tertiary/aromatic N) is 1. The Morgan fingerprint density at radius 2 is 1.95 bits per heavy atom. The average molecular weight is 364 g/mol. The smallest absolute Gasteiger partial charge is 0.354 e. The molecule has 3 nitrogen and oxygen atoms in total. The monoisotopic (exact) mass is 363 g/mol. The molecule has 0 atom stereocenters. The van der Waals surface area contributed by atoms with Crippen LogP contribution in [0.1, 0.15) is 5.56 Å². The number of alkyl halides is 3. The highest BCUT2D eigenvalue weighted by Gasteiger charge is 2.33. The molecule has 3 N–H and O–H groups in total. The van der Waals surface area contributed by atoms with E-state index in [4.69, 9.17) is 5.14 Å². The Bertz CT molecular complexity index is 602. The summed E-state index contributed by atoms with van der Waals surface area (Å²) in [6.07, 6.45) is -3.01. The van der Waals surface area contributed by atoms with Crippen molar-refractivity contribution in [3.05, 3.63) is 46.6 Å². The van der Waals surface area contributed by atoms with Gasteiger partial charge in [-0.1, -0.05) is 15.9 Å². The minimum absolute atomic E-state index is 0.0318. The minimum Gasteiger partial charge on any atom is -0.354 e. The number of benzene rings is 1. The third kappa shape index (κ3) is 3.65. The van der Waals surface area contributed by atoms with Crippen LogP contribution in [-0.2, 0) is 6.18 Å². The molecular weight excluding hydrogens is 355 g/mol. The third-order valence-corrected chi connectivity index (χ3v) is 3.40. The van der Waals surface area contributed by atoms with Crippen molar-refractivity contribution in [2.24, 2.45) is 5.14 Å². The molecule has 0 saturated heterocycles. The molecule has 2 rings (SSSR count). The zero-order valence-electron chi connectivity index (χ0n) is 9.91. The second-order valence-electron chi connectivity index (χ2n) is 3.82. The first-order valence-corrected chi connectivity index (χ1v) is 7.04.